The maximum Gasteiger partial charge on any atom is 0.144 e. The van der Waals surface area contributed by atoms with E-state index in [-0.39, 0.29) is 0 Å². The number of nitrogens with one attached hydrogen (secondary N) is 3. The van der Waals surface area contributed by atoms with Crippen LogP contribution in [0.25, 0.3) is 0 Å². The lowest BCUT2D eigenvalue weighted by atomic mass is 9.93. The molecule has 1 aromatic rings. The lowest BCUT2D eigenvalue weighted by Gasteiger charge is -2.29. The van der Waals surface area contributed by atoms with Crippen molar-refractivity contribution in [1.82, 2.24) is 15.6 Å². The van der Waals surface area contributed by atoms with Crippen LogP contribution in [0.15, 0.2) is 51.6 Å². The van der Waals surface area contributed by atoms with Crippen LogP contribution >= 0.6 is 15.9 Å². The first kappa shape index (κ1) is 16.2. The highest BCUT2D eigenvalue weighted by Gasteiger charge is 2.22. The SMILES string of the molecule is NC/C(Br)=C1\N=C(Nc2cccnc2)C=C(C2CCNCC2)N1. The van der Waals surface area contributed by atoms with Gasteiger partial charge in [-0.2, -0.15) is 0 Å². The van der Waals surface area contributed by atoms with Gasteiger partial charge >= 0.3 is 0 Å². The second-order valence-electron chi connectivity index (χ2n) is 5.57. The summed E-state index contributed by atoms with van der Waals surface area (Å²) < 4.78 is 0.863. The molecule has 2 aliphatic rings. The van der Waals surface area contributed by atoms with Crippen LogP contribution in [-0.2, 0) is 0 Å². The summed E-state index contributed by atoms with van der Waals surface area (Å²) in [5.41, 5.74) is 7.85. The average Bonchev–Trinajstić information content (AvgIpc) is 2.62. The molecule has 0 saturated carbocycles. The van der Waals surface area contributed by atoms with Crippen LogP contribution in [0.1, 0.15) is 12.8 Å². The number of nitrogens with two attached hydrogens (primary N) is 1. The molecular weight excluding hydrogens is 356 g/mol. The number of allylic oxidation sites excluding steroid dienone is 1. The largest absolute Gasteiger partial charge is 0.343 e. The van der Waals surface area contributed by atoms with Crippen molar-refractivity contribution in [3.8, 4) is 0 Å². The number of halogens is 1. The van der Waals surface area contributed by atoms with Crippen molar-refractivity contribution in [3.05, 3.63) is 46.6 Å². The monoisotopic (exact) mass is 376 g/mol. The predicted octanol–water partition coefficient (Wildman–Crippen LogP) is 1.90. The zero-order valence-electron chi connectivity index (χ0n) is 12.8. The molecule has 23 heavy (non-hydrogen) atoms. The number of aromatic nitrogens is 1. The van der Waals surface area contributed by atoms with Crippen molar-refractivity contribution in [3.63, 3.8) is 0 Å². The summed E-state index contributed by atoms with van der Waals surface area (Å²) in [5.74, 6) is 2.08. The zero-order chi connectivity index (χ0) is 16.1. The number of hydrogen-bond donors (Lipinski definition) is 4. The molecule has 0 bridgehead atoms. The maximum absolute atomic E-state index is 5.75. The highest BCUT2D eigenvalue weighted by Crippen LogP contribution is 2.25. The number of hydrogen-bond acceptors (Lipinski definition) is 6. The van der Waals surface area contributed by atoms with Crippen molar-refractivity contribution in [1.29, 1.82) is 0 Å². The van der Waals surface area contributed by atoms with Gasteiger partial charge in [-0.05, 0) is 38.1 Å². The number of rotatable bonds is 3. The Bertz CT molecular complexity index is 631. The fourth-order valence-corrected chi connectivity index (χ4v) is 2.92. The van der Waals surface area contributed by atoms with E-state index in [1.54, 1.807) is 12.4 Å². The Hall–Kier alpha value is -1.70. The lowest BCUT2D eigenvalue weighted by molar-refractivity contribution is 0.406. The summed E-state index contributed by atoms with van der Waals surface area (Å²) in [6.45, 7) is 2.50. The summed E-state index contributed by atoms with van der Waals surface area (Å²) in [4.78, 5) is 8.75. The molecule has 0 aliphatic carbocycles. The van der Waals surface area contributed by atoms with E-state index in [4.69, 9.17) is 5.73 Å². The van der Waals surface area contributed by atoms with Gasteiger partial charge in [-0.1, -0.05) is 15.9 Å². The molecule has 3 heterocycles. The minimum absolute atomic E-state index is 0.408. The summed E-state index contributed by atoms with van der Waals surface area (Å²) in [7, 11) is 0. The molecule has 0 aromatic carbocycles. The van der Waals surface area contributed by atoms with Crippen LogP contribution in [0.5, 0.6) is 0 Å². The van der Waals surface area contributed by atoms with E-state index in [9.17, 15) is 0 Å². The van der Waals surface area contributed by atoms with E-state index >= 15 is 0 Å². The molecule has 6 nitrogen and oxygen atoms in total. The Balaban J connectivity index is 1.86. The Morgan fingerprint density at radius 3 is 2.91 bits per heavy atom. The minimum atomic E-state index is 0.408. The van der Waals surface area contributed by atoms with Crippen molar-refractivity contribution in [2.75, 3.05) is 25.0 Å². The van der Waals surface area contributed by atoms with Crippen molar-refractivity contribution in [2.45, 2.75) is 12.8 Å². The van der Waals surface area contributed by atoms with E-state index in [0.717, 1.165) is 47.8 Å². The zero-order valence-corrected chi connectivity index (χ0v) is 14.4. The molecule has 2 aliphatic heterocycles. The van der Waals surface area contributed by atoms with E-state index < -0.39 is 0 Å². The summed E-state index contributed by atoms with van der Waals surface area (Å²) >= 11 is 3.51. The fourth-order valence-electron chi connectivity index (χ4n) is 2.73. The normalized spacial score (nSPS) is 21.1. The Kier molecular flexibility index (Phi) is 5.43. The van der Waals surface area contributed by atoms with Crippen LogP contribution < -0.4 is 21.7 Å². The van der Waals surface area contributed by atoms with Gasteiger partial charge in [-0.3, -0.25) is 4.98 Å². The van der Waals surface area contributed by atoms with Gasteiger partial charge in [-0.25, -0.2) is 4.99 Å². The molecule has 3 rings (SSSR count). The van der Waals surface area contributed by atoms with Crippen LogP contribution in [0.4, 0.5) is 5.69 Å². The molecule has 0 atom stereocenters. The number of piperidine rings is 1. The summed E-state index contributed by atoms with van der Waals surface area (Å²) in [5, 5.41) is 10.2. The second-order valence-corrected chi connectivity index (χ2v) is 6.53. The van der Waals surface area contributed by atoms with Gasteiger partial charge in [-0.15, -0.1) is 0 Å². The van der Waals surface area contributed by atoms with Gasteiger partial charge < -0.3 is 21.7 Å². The molecular formula is C16H21BrN6. The fraction of sp³-hybridized carbons (Fsp3) is 0.375. The minimum Gasteiger partial charge on any atom is -0.343 e. The second kappa shape index (κ2) is 7.72. The Morgan fingerprint density at radius 1 is 1.39 bits per heavy atom. The van der Waals surface area contributed by atoms with Crippen molar-refractivity contribution in [2.24, 2.45) is 16.6 Å². The van der Waals surface area contributed by atoms with Gasteiger partial charge in [0.15, 0.2) is 0 Å². The van der Waals surface area contributed by atoms with Gasteiger partial charge in [0.05, 0.1) is 16.4 Å². The van der Waals surface area contributed by atoms with E-state index in [1.807, 2.05) is 12.1 Å². The third-order valence-corrected chi connectivity index (χ3v) is 4.64. The molecule has 1 fully saturated rings. The number of nitrogens with zero attached hydrogens (tertiary/aromatic N) is 2. The quantitative estimate of drug-likeness (QED) is 0.647. The number of pyridine rings is 1. The molecule has 122 valence electrons. The van der Waals surface area contributed by atoms with Crippen LogP contribution in [0.2, 0.25) is 0 Å². The standard InChI is InChI=1S/C16H21BrN6/c17-13(9-18)16-22-14(11-3-6-19-7-4-11)8-15(23-16)21-12-2-1-5-20-10-12/h1-2,5,8,10-11,19,22H,3-4,6-7,9,18H2,(H,21,23)/b16-13+. The lowest BCUT2D eigenvalue weighted by Crippen LogP contribution is -2.34. The summed E-state index contributed by atoms with van der Waals surface area (Å²) in [6.07, 6.45) is 7.86. The molecule has 0 radical (unpaired) electrons. The summed E-state index contributed by atoms with van der Waals surface area (Å²) in [6, 6.07) is 3.87. The topological polar surface area (TPSA) is 87.4 Å². The van der Waals surface area contributed by atoms with Crippen molar-refractivity contribution >= 4 is 27.5 Å². The maximum atomic E-state index is 5.75. The molecule has 0 amide bonds. The van der Waals surface area contributed by atoms with Crippen LogP contribution in [-0.4, -0.2) is 30.5 Å². The van der Waals surface area contributed by atoms with Gasteiger partial charge in [0.25, 0.3) is 0 Å². The van der Waals surface area contributed by atoms with Gasteiger partial charge in [0.1, 0.15) is 11.7 Å². The predicted molar refractivity (Wildman–Crippen MR) is 97.1 cm³/mol. The van der Waals surface area contributed by atoms with Gasteiger partial charge in [0, 0.05) is 30.4 Å². The van der Waals surface area contributed by atoms with E-state index in [2.05, 4.69) is 47.9 Å². The molecule has 1 saturated heterocycles. The van der Waals surface area contributed by atoms with Crippen LogP contribution in [0.3, 0.4) is 0 Å². The molecule has 1 aromatic heterocycles. The van der Waals surface area contributed by atoms with Crippen LogP contribution in [0, 0.1) is 5.92 Å². The molecule has 0 spiro atoms. The van der Waals surface area contributed by atoms with E-state index in [1.165, 1.54) is 5.70 Å². The highest BCUT2D eigenvalue weighted by molar-refractivity contribution is 9.11. The first-order chi connectivity index (χ1) is 11.3. The first-order valence-electron chi connectivity index (χ1n) is 7.80. The smallest absolute Gasteiger partial charge is 0.144 e. The Labute approximate surface area is 144 Å². The third kappa shape index (κ3) is 4.19. The van der Waals surface area contributed by atoms with E-state index in [0.29, 0.717) is 12.5 Å². The average molecular weight is 377 g/mol. The Morgan fingerprint density at radius 2 is 2.22 bits per heavy atom. The number of anilines is 1. The molecule has 0 unspecified atom stereocenters. The van der Waals surface area contributed by atoms with Crippen molar-refractivity contribution < 1.29 is 0 Å². The third-order valence-electron chi connectivity index (χ3n) is 3.94. The highest BCUT2D eigenvalue weighted by atomic mass is 79.9. The first-order valence-corrected chi connectivity index (χ1v) is 8.59. The number of amidine groups is 1. The molecule has 7 heteroatoms. The number of aliphatic imine (C=N–C) groups is 1. The molecule has 5 N–H and O–H groups in total. The van der Waals surface area contributed by atoms with Gasteiger partial charge in [0.2, 0.25) is 0 Å².